The summed E-state index contributed by atoms with van der Waals surface area (Å²) in [7, 11) is 5.34. The van der Waals surface area contributed by atoms with Crippen molar-refractivity contribution in [1.29, 1.82) is 0 Å². The zero-order valence-electron chi connectivity index (χ0n) is 21.0. The third kappa shape index (κ3) is 6.40. The van der Waals surface area contributed by atoms with E-state index >= 15 is 0 Å². The molecule has 0 amide bonds. The Morgan fingerprint density at radius 1 is 0.889 bits per heavy atom. The first-order valence-corrected chi connectivity index (χ1v) is 12.2. The van der Waals surface area contributed by atoms with E-state index in [4.69, 9.17) is 18.9 Å². The standard InChI is InChI=1S/C29H33F2NO4/c1-32(14-12-26-25-19-28(34-3)27(33-2)18-22(25)13-16-35-26)15-17-36-29(20-4-8-23(30)9-5-20)21-6-10-24(31)11-7-21/h4-11,18-19,26,29H,12-17H2,1-3H3/t26-/m0/s1. The summed E-state index contributed by atoms with van der Waals surface area (Å²) < 4.78 is 50.2. The van der Waals surface area contributed by atoms with Gasteiger partial charge in [-0.25, -0.2) is 8.78 Å². The Labute approximate surface area is 211 Å². The van der Waals surface area contributed by atoms with Gasteiger partial charge in [0.2, 0.25) is 0 Å². The Bertz CT molecular complexity index is 1080. The van der Waals surface area contributed by atoms with E-state index in [-0.39, 0.29) is 17.7 Å². The summed E-state index contributed by atoms with van der Waals surface area (Å²) >= 11 is 0. The monoisotopic (exact) mass is 497 g/mol. The maximum Gasteiger partial charge on any atom is 0.161 e. The number of rotatable bonds is 11. The average Bonchev–Trinajstić information content (AvgIpc) is 2.90. The van der Waals surface area contributed by atoms with Crippen molar-refractivity contribution in [3.63, 3.8) is 0 Å². The molecule has 1 aliphatic heterocycles. The largest absolute Gasteiger partial charge is 0.493 e. The summed E-state index contributed by atoms with van der Waals surface area (Å²) in [5.41, 5.74) is 4.03. The highest BCUT2D eigenvalue weighted by Crippen LogP contribution is 2.38. The molecule has 0 spiro atoms. The van der Waals surface area contributed by atoms with Gasteiger partial charge >= 0.3 is 0 Å². The van der Waals surface area contributed by atoms with Crippen LogP contribution >= 0.6 is 0 Å². The van der Waals surface area contributed by atoms with Gasteiger partial charge in [0.15, 0.2) is 11.5 Å². The molecule has 5 nitrogen and oxygen atoms in total. The van der Waals surface area contributed by atoms with Crippen LogP contribution < -0.4 is 9.47 Å². The van der Waals surface area contributed by atoms with Gasteiger partial charge in [0.1, 0.15) is 17.7 Å². The number of ether oxygens (including phenoxy) is 4. The van der Waals surface area contributed by atoms with Crippen LogP contribution in [-0.4, -0.2) is 52.5 Å². The van der Waals surface area contributed by atoms with Gasteiger partial charge in [0, 0.05) is 13.1 Å². The molecule has 0 saturated carbocycles. The van der Waals surface area contributed by atoms with E-state index < -0.39 is 6.10 Å². The van der Waals surface area contributed by atoms with Crippen molar-refractivity contribution >= 4 is 0 Å². The molecule has 0 saturated heterocycles. The number of nitrogens with zero attached hydrogens (tertiary/aromatic N) is 1. The minimum atomic E-state index is -0.407. The van der Waals surface area contributed by atoms with Gasteiger partial charge in [-0.15, -0.1) is 0 Å². The van der Waals surface area contributed by atoms with Gasteiger partial charge < -0.3 is 23.8 Å². The minimum absolute atomic E-state index is 0.0110. The fourth-order valence-corrected chi connectivity index (χ4v) is 4.53. The quantitative estimate of drug-likeness (QED) is 0.339. The first kappa shape index (κ1) is 26.1. The molecule has 0 fully saturated rings. The van der Waals surface area contributed by atoms with E-state index in [0.29, 0.717) is 25.5 Å². The zero-order valence-corrected chi connectivity index (χ0v) is 21.0. The topological polar surface area (TPSA) is 40.2 Å². The van der Waals surface area contributed by atoms with Crippen LogP contribution in [0.2, 0.25) is 0 Å². The summed E-state index contributed by atoms with van der Waals surface area (Å²) in [5, 5.41) is 0. The van der Waals surface area contributed by atoms with E-state index in [1.807, 2.05) is 19.2 Å². The summed E-state index contributed by atoms with van der Waals surface area (Å²) in [6.45, 7) is 2.66. The van der Waals surface area contributed by atoms with Gasteiger partial charge in [-0.1, -0.05) is 24.3 Å². The third-order valence-corrected chi connectivity index (χ3v) is 6.56. The van der Waals surface area contributed by atoms with Crippen molar-refractivity contribution in [2.24, 2.45) is 0 Å². The zero-order chi connectivity index (χ0) is 25.5. The summed E-state index contributed by atoms with van der Waals surface area (Å²) in [5.74, 6) is 0.835. The summed E-state index contributed by atoms with van der Waals surface area (Å²) in [6.07, 6.45) is 1.27. The van der Waals surface area contributed by atoms with Gasteiger partial charge in [-0.05, 0) is 78.5 Å². The van der Waals surface area contributed by atoms with Crippen molar-refractivity contribution in [3.8, 4) is 11.5 Å². The fraction of sp³-hybridized carbons (Fsp3) is 0.379. The minimum Gasteiger partial charge on any atom is -0.493 e. The van der Waals surface area contributed by atoms with Crippen LogP contribution in [0.25, 0.3) is 0 Å². The highest BCUT2D eigenvalue weighted by atomic mass is 19.1. The lowest BCUT2D eigenvalue weighted by Crippen LogP contribution is -2.28. The lowest BCUT2D eigenvalue weighted by molar-refractivity contribution is 0.0253. The molecule has 3 aromatic rings. The molecule has 36 heavy (non-hydrogen) atoms. The first-order valence-electron chi connectivity index (χ1n) is 12.2. The van der Waals surface area contributed by atoms with Crippen molar-refractivity contribution in [3.05, 3.63) is 94.6 Å². The van der Waals surface area contributed by atoms with Crippen molar-refractivity contribution < 1.29 is 27.7 Å². The smallest absolute Gasteiger partial charge is 0.161 e. The molecule has 192 valence electrons. The maximum absolute atomic E-state index is 13.5. The number of benzene rings is 3. The fourth-order valence-electron chi connectivity index (χ4n) is 4.53. The molecule has 4 rings (SSSR count). The predicted molar refractivity (Wildman–Crippen MR) is 135 cm³/mol. The van der Waals surface area contributed by atoms with Crippen LogP contribution in [0.1, 0.15) is 40.9 Å². The Morgan fingerprint density at radius 3 is 2.06 bits per heavy atom. The maximum atomic E-state index is 13.5. The first-order chi connectivity index (χ1) is 17.5. The van der Waals surface area contributed by atoms with Crippen LogP contribution in [-0.2, 0) is 15.9 Å². The lowest BCUT2D eigenvalue weighted by Gasteiger charge is -2.29. The predicted octanol–water partition coefficient (Wildman–Crippen LogP) is 5.72. The molecular weight excluding hydrogens is 464 g/mol. The van der Waals surface area contributed by atoms with Crippen molar-refractivity contribution in [2.75, 3.05) is 47.6 Å². The molecular formula is C29H33F2NO4. The Morgan fingerprint density at radius 2 is 1.47 bits per heavy atom. The highest BCUT2D eigenvalue weighted by molar-refractivity contribution is 5.49. The number of likely N-dealkylation sites (N-methyl/N-ethyl adjacent to an activating group) is 1. The van der Waals surface area contributed by atoms with Crippen molar-refractivity contribution in [2.45, 2.75) is 25.0 Å². The average molecular weight is 498 g/mol. The van der Waals surface area contributed by atoms with Crippen LogP contribution in [0.15, 0.2) is 60.7 Å². The molecule has 0 aromatic heterocycles. The molecule has 7 heteroatoms. The normalized spacial score (nSPS) is 15.2. The number of methoxy groups -OCH3 is 2. The van der Waals surface area contributed by atoms with Gasteiger partial charge in [-0.2, -0.15) is 0 Å². The van der Waals surface area contributed by atoms with Crippen LogP contribution in [0, 0.1) is 11.6 Å². The Kier molecular flexibility index (Phi) is 8.91. The van der Waals surface area contributed by atoms with Gasteiger partial charge in [0.05, 0.1) is 33.5 Å². The van der Waals surface area contributed by atoms with Crippen LogP contribution in [0.3, 0.4) is 0 Å². The summed E-state index contributed by atoms with van der Waals surface area (Å²) in [6, 6.07) is 16.5. The molecule has 0 bridgehead atoms. The molecule has 1 heterocycles. The molecule has 0 N–H and O–H groups in total. The second kappa shape index (κ2) is 12.3. The van der Waals surface area contributed by atoms with Gasteiger partial charge in [0.25, 0.3) is 0 Å². The number of halogens is 2. The van der Waals surface area contributed by atoms with Gasteiger partial charge in [-0.3, -0.25) is 0 Å². The third-order valence-electron chi connectivity index (χ3n) is 6.56. The number of fused-ring (bicyclic) bond motifs is 1. The second-order valence-corrected chi connectivity index (χ2v) is 8.96. The molecule has 0 aliphatic carbocycles. The van der Waals surface area contributed by atoms with Crippen LogP contribution in [0.4, 0.5) is 8.78 Å². The van der Waals surface area contributed by atoms with E-state index in [9.17, 15) is 8.78 Å². The lowest BCUT2D eigenvalue weighted by atomic mass is 9.95. The molecule has 3 aromatic carbocycles. The molecule has 0 radical (unpaired) electrons. The van der Waals surface area contributed by atoms with E-state index in [2.05, 4.69) is 4.90 Å². The SMILES string of the molecule is COc1cc2c(cc1OC)[C@H](CCN(C)CCOC(c1ccc(F)cc1)c1ccc(F)cc1)OCC2. The number of hydrogen-bond acceptors (Lipinski definition) is 5. The van der Waals surface area contributed by atoms with E-state index in [0.717, 1.165) is 41.8 Å². The second-order valence-electron chi connectivity index (χ2n) is 8.96. The number of hydrogen-bond donors (Lipinski definition) is 0. The molecule has 1 aliphatic rings. The Balaban J connectivity index is 1.35. The molecule has 0 unspecified atom stereocenters. The summed E-state index contributed by atoms with van der Waals surface area (Å²) in [4.78, 5) is 2.20. The van der Waals surface area contributed by atoms with Crippen LogP contribution in [0.5, 0.6) is 11.5 Å². The Hall–Kier alpha value is -3.00. The van der Waals surface area contributed by atoms with E-state index in [1.165, 1.54) is 29.8 Å². The van der Waals surface area contributed by atoms with Crippen molar-refractivity contribution in [1.82, 2.24) is 4.90 Å². The molecule has 1 atom stereocenters. The van der Waals surface area contributed by atoms with E-state index in [1.54, 1.807) is 38.5 Å². The highest BCUT2D eigenvalue weighted by Gasteiger charge is 2.24.